The highest BCUT2D eigenvalue weighted by molar-refractivity contribution is 4.71. The van der Waals surface area contributed by atoms with Gasteiger partial charge in [-0.25, -0.2) is 0 Å². The van der Waals surface area contributed by atoms with E-state index in [-0.39, 0.29) is 0 Å². The third-order valence-electron chi connectivity index (χ3n) is 1.96. The van der Waals surface area contributed by atoms with Crippen LogP contribution in [0.1, 0.15) is 6.42 Å². The Balaban J connectivity index is 1.96. The van der Waals surface area contributed by atoms with Gasteiger partial charge in [0.05, 0.1) is 13.2 Å². The number of hydrogen-bond acceptors (Lipinski definition) is 2. The lowest BCUT2D eigenvalue weighted by atomic mass is 10.3. The Morgan fingerprint density at radius 1 is 1.36 bits per heavy atom. The van der Waals surface area contributed by atoms with Crippen LogP contribution in [0.4, 0.5) is 0 Å². The van der Waals surface area contributed by atoms with E-state index < -0.39 is 0 Å². The van der Waals surface area contributed by atoms with Crippen LogP contribution in [0.3, 0.4) is 0 Å². The minimum absolute atomic E-state index is 0.906. The molecule has 1 heterocycles. The predicted octanol–water partition coefficient (Wildman–Crippen LogP) is 0.712. The van der Waals surface area contributed by atoms with Crippen LogP contribution in [-0.2, 0) is 4.74 Å². The fourth-order valence-electron chi connectivity index (χ4n) is 1.28. The summed E-state index contributed by atoms with van der Waals surface area (Å²) in [6.07, 6.45) is 1.19. The van der Waals surface area contributed by atoms with Crippen LogP contribution in [-0.4, -0.2) is 51.3 Å². The van der Waals surface area contributed by atoms with Crippen molar-refractivity contribution in [1.29, 1.82) is 0 Å². The van der Waals surface area contributed by atoms with E-state index in [1.807, 2.05) is 7.05 Å². The highest BCUT2D eigenvalue weighted by Crippen LogP contribution is 1.98. The summed E-state index contributed by atoms with van der Waals surface area (Å²) >= 11 is 0. The molecule has 0 aromatic rings. The molecule has 66 valence electrons. The summed E-state index contributed by atoms with van der Waals surface area (Å²) < 4.78 is 5.24. The molecular formula is C8H17N2O-. The molecular weight excluding hydrogens is 140 g/mol. The minimum atomic E-state index is 0.906. The second kappa shape index (κ2) is 5.52. The Hall–Kier alpha value is -0.120. The van der Waals surface area contributed by atoms with Gasteiger partial charge >= 0.3 is 0 Å². The molecule has 3 nitrogen and oxygen atoms in total. The lowest BCUT2D eigenvalue weighted by Gasteiger charge is -2.27. The second-order valence-electron chi connectivity index (χ2n) is 2.85. The van der Waals surface area contributed by atoms with Crippen LogP contribution in [0.25, 0.3) is 5.32 Å². The van der Waals surface area contributed by atoms with Gasteiger partial charge in [-0.1, -0.05) is 6.42 Å². The molecule has 0 spiro atoms. The topological polar surface area (TPSA) is 26.6 Å². The molecule has 0 amide bonds. The fraction of sp³-hybridized carbons (Fsp3) is 1.00. The summed E-state index contributed by atoms with van der Waals surface area (Å²) in [4.78, 5) is 2.44. The van der Waals surface area contributed by atoms with Gasteiger partial charge < -0.3 is 10.1 Å². The van der Waals surface area contributed by atoms with Crippen molar-refractivity contribution in [3.8, 4) is 0 Å². The molecule has 3 heteroatoms. The molecule has 0 N–H and O–H groups in total. The Bertz CT molecular complexity index is 92.1. The molecule has 0 radical (unpaired) electrons. The van der Waals surface area contributed by atoms with Crippen molar-refractivity contribution in [1.82, 2.24) is 4.90 Å². The van der Waals surface area contributed by atoms with E-state index in [0.717, 1.165) is 32.8 Å². The van der Waals surface area contributed by atoms with Crippen LogP contribution in [0, 0.1) is 0 Å². The molecule has 11 heavy (non-hydrogen) atoms. The van der Waals surface area contributed by atoms with Crippen LogP contribution in [0.5, 0.6) is 0 Å². The molecule has 0 aromatic carbocycles. The third-order valence-corrected chi connectivity index (χ3v) is 1.96. The van der Waals surface area contributed by atoms with Crippen LogP contribution in [0.15, 0.2) is 0 Å². The molecule has 1 saturated heterocycles. The summed E-state index contributed by atoms with van der Waals surface area (Å²) in [5.41, 5.74) is 0. The molecule has 0 atom stereocenters. The van der Waals surface area contributed by atoms with E-state index in [1.54, 1.807) is 0 Å². The van der Waals surface area contributed by atoms with E-state index >= 15 is 0 Å². The first kappa shape index (κ1) is 8.97. The first-order chi connectivity index (χ1) is 5.43. The van der Waals surface area contributed by atoms with Crippen molar-refractivity contribution < 1.29 is 4.74 Å². The molecule has 0 unspecified atom stereocenters. The quantitative estimate of drug-likeness (QED) is 0.562. The zero-order valence-electron chi connectivity index (χ0n) is 7.25. The van der Waals surface area contributed by atoms with Gasteiger partial charge in [-0.3, -0.25) is 4.90 Å². The standard InChI is InChI=1S/C8H17N2O/c1-9-3-2-4-10-5-7-11-8-6-10/h2-8H2,1H3/q-1. The maximum atomic E-state index is 5.24. The van der Waals surface area contributed by atoms with Gasteiger partial charge in [0, 0.05) is 13.1 Å². The second-order valence-corrected chi connectivity index (χ2v) is 2.85. The molecule has 1 fully saturated rings. The molecule has 1 aliphatic heterocycles. The smallest absolute Gasteiger partial charge is 0.0594 e. The lowest BCUT2D eigenvalue weighted by Crippen LogP contribution is -2.37. The van der Waals surface area contributed by atoms with Crippen molar-refractivity contribution in [3.05, 3.63) is 5.32 Å². The van der Waals surface area contributed by atoms with Crippen LogP contribution in [0.2, 0.25) is 0 Å². The predicted molar refractivity (Wildman–Crippen MR) is 46.0 cm³/mol. The Morgan fingerprint density at radius 2 is 2.09 bits per heavy atom. The molecule has 0 saturated carbocycles. The van der Waals surface area contributed by atoms with E-state index in [0.29, 0.717) is 0 Å². The van der Waals surface area contributed by atoms with Gasteiger partial charge in [-0.15, -0.1) is 6.54 Å². The maximum absolute atomic E-state index is 5.24. The zero-order valence-corrected chi connectivity index (χ0v) is 7.25. The van der Waals surface area contributed by atoms with Crippen molar-refractivity contribution in [2.45, 2.75) is 6.42 Å². The fourth-order valence-corrected chi connectivity index (χ4v) is 1.28. The highest BCUT2D eigenvalue weighted by Gasteiger charge is 2.07. The largest absolute Gasteiger partial charge is 0.665 e. The normalized spacial score (nSPS) is 20.5. The van der Waals surface area contributed by atoms with Gasteiger partial charge in [0.25, 0.3) is 0 Å². The summed E-state index contributed by atoms with van der Waals surface area (Å²) in [6, 6.07) is 0. The van der Waals surface area contributed by atoms with Gasteiger partial charge in [0.15, 0.2) is 0 Å². The van der Waals surface area contributed by atoms with Gasteiger partial charge in [-0.2, -0.15) is 7.05 Å². The monoisotopic (exact) mass is 157 g/mol. The van der Waals surface area contributed by atoms with Crippen LogP contribution >= 0.6 is 0 Å². The number of nitrogens with zero attached hydrogens (tertiary/aromatic N) is 2. The maximum Gasteiger partial charge on any atom is 0.0594 e. The Morgan fingerprint density at radius 3 is 2.73 bits per heavy atom. The number of ether oxygens (including phenoxy) is 1. The van der Waals surface area contributed by atoms with E-state index in [1.165, 1.54) is 13.0 Å². The molecule has 0 aliphatic carbocycles. The first-order valence-electron chi connectivity index (χ1n) is 4.29. The Kier molecular flexibility index (Phi) is 4.50. The molecule has 0 aromatic heterocycles. The van der Waals surface area contributed by atoms with Crippen molar-refractivity contribution in [2.75, 3.05) is 46.4 Å². The van der Waals surface area contributed by atoms with E-state index in [2.05, 4.69) is 10.2 Å². The SMILES string of the molecule is C[N-]CCCN1CCOCC1. The Labute approximate surface area is 68.7 Å². The van der Waals surface area contributed by atoms with Gasteiger partial charge in [0.2, 0.25) is 0 Å². The van der Waals surface area contributed by atoms with E-state index in [4.69, 9.17) is 4.74 Å². The first-order valence-corrected chi connectivity index (χ1v) is 4.29. The van der Waals surface area contributed by atoms with Crippen molar-refractivity contribution in [2.24, 2.45) is 0 Å². The van der Waals surface area contributed by atoms with Crippen molar-refractivity contribution >= 4 is 0 Å². The summed E-state index contributed by atoms with van der Waals surface area (Å²) in [5.74, 6) is 0. The number of rotatable bonds is 4. The van der Waals surface area contributed by atoms with E-state index in [9.17, 15) is 0 Å². The van der Waals surface area contributed by atoms with Gasteiger partial charge in [0.1, 0.15) is 0 Å². The average molecular weight is 157 g/mol. The van der Waals surface area contributed by atoms with Gasteiger partial charge in [-0.05, 0) is 6.54 Å². The zero-order chi connectivity index (χ0) is 7.94. The number of hydrogen-bond donors (Lipinski definition) is 0. The van der Waals surface area contributed by atoms with Crippen LogP contribution < -0.4 is 0 Å². The lowest BCUT2D eigenvalue weighted by molar-refractivity contribution is 0.0379. The average Bonchev–Trinajstić information content (AvgIpc) is 2.07. The van der Waals surface area contributed by atoms with Crippen molar-refractivity contribution in [3.63, 3.8) is 0 Å². The molecule has 0 bridgehead atoms. The number of morpholine rings is 1. The summed E-state index contributed by atoms with van der Waals surface area (Å²) in [6.45, 7) is 6.19. The summed E-state index contributed by atoms with van der Waals surface area (Å²) in [5, 5.41) is 4.06. The summed E-state index contributed by atoms with van der Waals surface area (Å²) in [7, 11) is 1.87. The molecule has 1 aliphatic rings. The molecule has 1 rings (SSSR count). The minimum Gasteiger partial charge on any atom is -0.665 e. The highest BCUT2D eigenvalue weighted by atomic mass is 16.5. The third kappa shape index (κ3) is 3.70.